The number of carbonyl (C=O) groups excluding carboxylic acids is 2. The lowest BCUT2D eigenvalue weighted by molar-refractivity contribution is 0.0465. The molecule has 4 rings (SSSR count). The number of rotatable bonds is 5. The van der Waals surface area contributed by atoms with Crippen LogP contribution in [0.3, 0.4) is 0 Å². The smallest absolute Gasteiger partial charge is 0.339 e. The Balaban J connectivity index is 1.55. The molecule has 7 nitrogen and oxygen atoms in total. The molecule has 2 heterocycles. The maximum atomic E-state index is 13.0. The van der Waals surface area contributed by atoms with E-state index in [1.54, 1.807) is 49.6 Å². The van der Waals surface area contributed by atoms with Gasteiger partial charge in [0.05, 0.1) is 16.8 Å². The molecule has 154 valence electrons. The van der Waals surface area contributed by atoms with E-state index < -0.39 is 5.97 Å². The van der Waals surface area contributed by atoms with Crippen LogP contribution in [0.15, 0.2) is 89.9 Å². The number of hydrogen-bond donors (Lipinski definition) is 0. The van der Waals surface area contributed by atoms with E-state index in [-0.39, 0.29) is 29.2 Å². The second kappa shape index (κ2) is 8.62. The van der Waals surface area contributed by atoms with Crippen LogP contribution in [-0.4, -0.2) is 28.3 Å². The van der Waals surface area contributed by atoms with Gasteiger partial charge in [-0.25, -0.2) is 9.78 Å². The monoisotopic (exact) mass is 413 g/mol. The normalized spacial score (nSPS) is 10.6. The Labute approximate surface area is 178 Å². The van der Waals surface area contributed by atoms with Crippen LogP contribution in [0.5, 0.6) is 0 Å². The van der Waals surface area contributed by atoms with E-state index in [0.29, 0.717) is 17.0 Å². The van der Waals surface area contributed by atoms with Gasteiger partial charge in [0.25, 0.3) is 11.5 Å². The van der Waals surface area contributed by atoms with Gasteiger partial charge in [0, 0.05) is 25.0 Å². The summed E-state index contributed by atoms with van der Waals surface area (Å²) >= 11 is 0. The van der Waals surface area contributed by atoms with Gasteiger partial charge in [-0.3, -0.25) is 14.0 Å². The van der Waals surface area contributed by atoms with Crippen LogP contribution < -0.4 is 10.5 Å². The molecule has 7 heteroatoms. The van der Waals surface area contributed by atoms with Gasteiger partial charge in [-0.2, -0.15) is 0 Å². The lowest BCUT2D eigenvalue weighted by Crippen LogP contribution is -2.28. The molecule has 0 unspecified atom stereocenters. The van der Waals surface area contributed by atoms with Crippen molar-refractivity contribution in [1.82, 2.24) is 9.38 Å². The van der Waals surface area contributed by atoms with Crippen LogP contribution in [0, 0.1) is 0 Å². The van der Waals surface area contributed by atoms with E-state index in [0.717, 1.165) is 0 Å². The van der Waals surface area contributed by atoms with Crippen LogP contribution in [-0.2, 0) is 11.3 Å². The fourth-order valence-corrected chi connectivity index (χ4v) is 3.19. The number of esters is 1. The van der Waals surface area contributed by atoms with Crippen molar-refractivity contribution in [1.29, 1.82) is 0 Å². The van der Waals surface area contributed by atoms with E-state index in [1.807, 2.05) is 30.3 Å². The zero-order chi connectivity index (χ0) is 21.8. The fourth-order valence-electron chi connectivity index (χ4n) is 3.19. The lowest BCUT2D eigenvalue weighted by Gasteiger charge is -2.18. The minimum atomic E-state index is -0.666. The van der Waals surface area contributed by atoms with Gasteiger partial charge < -0.3 is 9.64 Å². The van der Waals surface area contributed by atoms with E-state index in [1.165, 1.54) is 21.4 Å². The number of benzene rings is 2. The van der Waals surface area contributed by atoms with Crippen LogP contribution in [0.1, 0.15) is 26.4 Å². The summed E-state index contributed by atoms with van der Waals surface area (Å²) in [5.41, 5.74) is 1.60. The molecule has 0 fully saturated rings. The summed E-state index contributed by atoms with van der Waals surface area (Å²) in [6.07, 6.45) is 1.62. The van der Waals surface area contributed by atoms with E-state index in [4.69, 9.17) is 4.74 Å². The second-order valence-corrected chi connectivity index (χ2v) is 6.84. The Hall–Kier alpha value is -4.26. The Morgan fingerprint density at radius 2 is 1.61 bits per heavy atom. The predicted octanol–water partition coefficient (Wildman–Crippen LogP) is 3.33. The van der Waals surface area contributed by atoms with E-state index >= 15 is 0 Å². The zero-order valence-electron chi connectivity index (χ0n) is 16.8. The summed E-state index contributed by atoms with van der Waals surface area (Å²) in [4.78, 5) is 43.8. The molecule has 0 atom stereocenters. The van der Waals surface area contributed by atoms with Crippen molar-refractivity contribution in [2.24, 2.45) is 0 Å². The largest absolute Gasteiger partial charge is 0.456 e. The van der Waals surface area contributed by atoms with Crippen molar-refractivity contribution in [3.05, 3.63) is 112 Å². The molecule has 2 aromatic carbocycles. The van der Waals surface area contributed by atoms with Gasteiger partial charge in [0.2, 0.25) is 0 Å². The molecule has 2 aromatic heterocycles. The van der Waals surface area contributed by atoms with Crippen molar-refractivity contribution >= 4 is 23.2 Å². The van der Waals surface area contributed by atoms with Crippen LogP contribution >= 0.6 is 0 Å². The van der Waals surface area contributed by atoms with Crippen LogP contribution in [0.25, 0.3) is 5.65 Å². The number of fused-ring (bicyclic) bond motifs is 1. The first-order valence-electron chi connectivity index (χ1n) is 9.61. The van der Waals surface area contributed by atoms with Gasteiger partial charge in [0.1, 0.15) is 12.3 Å². The molecule has 0 aliphatic heterocycles. The fraction of sp³-hybridized carbons (Fsp3) is 0.0833. The number of anilines is 1. The Morgan fingerprint density at radius 3 is 2.39 bits per heavy atom. The lowest BCUT2D eigenvalue weighted by atomic mass is 10.1. The Bertz CT molecular complexity index is 1320. The van der Waals surface area contributed by atoms with Gasteiger partial charge in [-0.1, -0.05) is 36.4 Å². The molecule has 0 radical (unpaired) electrons. The first-order chi connectivity index (χ1) is 15.0. The molecule has 0 saturated heterocycles. The summed E-state index contributed by atoms with van der Waals surface area (Å²) in [5, 5.41) is 0. The highest BCUT2D eigenvalue weighted by atomic mass is 16.5. The maximum absolute atomic E-state index is 13.0. The number of para-hydroxylation sites is 1. The summed E-state index contributed by atoms with van der Waals surface area (Å²) in [6, 6.07) is 22.1. The van der Waals surface area contributed by atoms with Gasteiger partial charge >= 0.3 is 5.97 Å². The predicted molar refractivity (Wildman–Crippen MR) is 116 cm³/mol. The van der Waals surface area contributed by atoms with E-state index in [2.05, 4.69) is 4.98 Å². The molecule has 0 bridgehead atoms. The first-order valence-corrected chi connectivity index (χ1v) is 9.61. The highest BCUT2D eigenvalue weighted by Crippen LogP contribution is 2.18. The molecule has 0 saturated carbocycles. The van der Waals surface area contributed by atoms with Gasteiger partial charge in [-0.05, 0) is 36.4 Å². The molecule has 0 aliphatic carbocycles. The number of nitrogens with zero attached hydrogens (tertiary/aromatic N) is 3. The summed E-state index contributed by atoms with van der Waals surface area (Å²) < 4.78 is 6.78. The average Bonchev–Trinajstić information content (AvgIpc) is 2.82. The van der Waals surface area contributed by atoms with Crippen molar-refractivity contribution in [3.63, 3.8) is 0 Å². The molecular weight excluding hydrogens is 394 g/mol. The number of pyridine rings is 1. The molecule has 0 spiro atoms. The maximum Gasteiger partial charge on any atom is 0.339 e. The standard InChI is InChI=1S/C24H19N3O4/c1-26(18-9-3-2-4-10-18)23(29)19-11-5-6-12-20(19)24(30)31-16-17-15-22(28)27-14-8-7-13-21(27)25-17/h2-15H,16H2,1H3. The van der Waals surface area contributed by atoms with Crippen molar-refractivity contribution < 1.29 is 14.3 Å². The third kappa shape index (κ3) is 4.20. The number of amides is 1. The average molecular weight is 413 g/mol. The van der Waals surface area contributed by atoms with Crippen molar-refractivity contribution in [2.75, 3.05) is 11.9 Å². The first kappa shape index (κ1) is 20.0. The topological polar surface area (TPSA) is 81.0 Å². The third-order valence-corrected chi connectivity index (χ3v) is 4.80. The molecule has 1 amide bonds. The Morgan fingerprint density at radius 1 is 0.935 bits per heavy atom. The zero-order valence-corrected chi connectivity index (χ0v) is 16.8. The van der Waals surface area contributed by atoms with Crippen LogP contribution in [0.4, 0.5) is 5.69 Å². The molecule has 0 N–H and O–H groups in total. The summed E-state index contributed by atoms with van der Waals surface area (Å²) in [7, 11) is 1.65. The highest BCUT2D eigenvalue weighted by Gasteiger charge is 2.21. The number of carbonyl (C=O) groups is 2. The van der Waals surface area contributed by atoms with Crippen LogP contribution in [0.2, 0.25) is 0 Å². The quantitative estimate of drug-likeness (QED) is 0.469. The van der Waals surface area contributed by atoms with Gasteiger partial charge in [-0.15, -0.1) is 0 Å². The number of ether oxygens (including phenoxy) is 1. The third-order valence-electron chi connectivity index (χ3n) is 4.80. The minimum absolute atomic E-state index is 0.146. The molecule has 4 aromatic rings. The van der Waals surface area contributed by atoms with Gasteiger partial charge in [0.15, 0.2) is 0 Å². The summed E-state index contributed by atoms with van der Waals surface area (Å²) in [5.74, 6) is -0.999. The number of aromatic nitrogens is 2. The minimum Gasteiger partial charge on any atom is -0.456 e. The Kier molecular flexibility index (Phi) is 5.57. The van der Waals surface area contributed by atoms with Crippen molar-refractivity contribution in [2.45, 2.75) is 6.61 Å². The molecular formula is C24H19N3O4. The second-order valence-electron chi connectivity index (χ2n) is 6.84. The number of hydrogen-bond acceptors (Lipinski definition) is 5. The van der Waals surface area contributed by atoms with Crippen molar-refractivity contribution in [3.8, 4) is 0 Å². The van der Waals surface area contributed by atoms with E-state index in [9.17, 15) is 14.4 Å². The summed E-state index contributed by atoms with van der Waals surface area (Å²) in [6.45, 7) is -0.184. The molecule has 31 heavy (non-hydrogen) atoms. The molecule has 0 aliphatic rings. The SMILES string of the molecule is CN(C(=O)c1ccccc1C(=O)OCc1cc(=O)n2ccccc2n1)c1ccccc1. The highest BCUT2D eigenvalue weighted by molar-refractivity contribution is 6.11.